The van der Waals surface area contributed by atoms with Gasteiger partial charge in [-0.3, -0.25) is 4.79 Å². The van der Waals surface area contributed by atoms with Gasteiger partial charge in [-0.1, -0.05) is 87.9 Å². The Hall–Kier alpha value is -6.66. The zero-order chi connectivity index (χ0) is 41.3. The molecular formula is C38H45N7O12. The molecule has 0 bridgehead atoms. The second-order valence-corrected chi connectivity index (χ2v) is 13.1. The Morgan fingerprint density at radius 2 is 1.47 bits per heavy atom. The largest absolute Gasteiger partial charge is 0.515 e. The van der Waals surface area contributed by atoms with Crippen molar-refractivity contribution in [2.24, 2.45) is 5.92 Å². The quantitative estimate of drug-likeness (QED) is 0.0271. The predicted octanol–water partition coefficient (Wildman–Crippen LogP) is 6.52. The number of carbonyl (C=O) groups is 3. The lowest BCUT2D eigenvalue weighted by Crippen LogP contribution is -2.48. The molecule has 0 radical (unpaired) electrons. The van der Waals surface area contributed by atoms with E-state index in [1.807, 2.05) is 69.3 Å². The summed E-state index contributed by atoms with van der Waals surface area (Å²) >= 11 is 0. The first-order valence-electron chi connectivity index (χ1n) is 18.3. The number of amides is 1. The summed E-state index contributed by atoms with van der Waals surface area (Å²) in [5.41, 5.74) is 3.54. The zero-order valence-corrected chi connectivity index (χ0v) is 32.1. The molecule has 3 aromatic carbocycles. The van der Waals surface area contributed by atoms with Crippen LogP contribution in [-0.4, -0.2) is 72.6 Å². The number of rotatable bonds is 22. The van der Waals surface area contributed by atoms with Crippen molar-refractivity contribution in [1.82, 2.24) is 25.1 Å². The smallest absolute Gasteiger partial charge is 0.464 e. The molecule has 0 aliphatic rings. The molecular weight excluding hydrogens is 746 g/mol. The van der Waals surface area contributed by atoms with E-state index in [1.54, 1.807) is 4.90 Å². The number of unbranched alkanes of at least 4 members (excludes halogenated alkanes) is 2. The topological polar surface area (TPSA) is 230 Å². The summed E-state index contributed by atoms with van der Waals surface area (Å²) in [6, 6.07) is 20.0. The van der Waals surface area contributed by atoms with Crippen molar-refractivity contribution in [3.63, 3.8) is 0 Å². The van der Waals surface area contributed by atoms with E-state index in [-0.39, 0.29) is 56.2 Å². The number of esters is 1. The Kier molecular flexibility index (Phi) is 16.2. The molecule has 4 aromatic rings. The van der Waals surface area contributed by atoms with E-state index in [2.05, 4.69) is 25.1 Å². The first-order chi connectivity index (χ1) is 27.4. The number of aromatic nitrogens is 4. The summed E-state index contributed by atoms with van der Waals surface area (Å²) in [5.74, 6) is -0.548. The van der Waals surface area contributed by atoms with Gasteiger partial charge < -0.3 is 28.8 Å². The maximum absolute atomic E-state index is 13.5. The van der Waals surface area contributed by atoms with Crippen LogP contribution in [0.25, 0.3) is 22.5 Å². The van der Waals surface area contributed by atoms with Gasteiger partial charge in [-0.05, 0) is 71.7 Å². The molecule has 0 saturated heterocycles. The van der Waals surface area contributed by atoms with Crippen molar-refractivity contribution in [3.05, 3.63) is 104 Å². The van der Waals surface area contributed by atoms with E-state index >= 15 is 0 Å². The Labute approximate surface area is 328 Å². The molecule has 0 fully saturated rings. The molecule has 57 heavy (non-hydrogen) atoms. The Morgan fingerprint density at radius 3 is 2.12 bits per heavy atom. The molecule has 2 unspecified atom stereocenters. The SMILES string of the molecule is CCCCC(=O)N(Cc1ccc(-c2ccccc2-c2nnn(C(C)OC(=O)Oc3ccc(CO[N+](=O)[O-])cc3)n2)cc1)C(C(=O)OCCCCO[N+](=O)[O-])C(C)C. The Balaban J connectivity index is 1.43. The second kappa shape index (κ2) is 21.4. The normalized spacial score (nSPS) is 11.9. The highest BCUT2D eigenvalue weighted by molar-refractivity contribution is 5.85. The van der Waals surface area contributed by atoms with E-state index in [1.165, 1.54) is 31.2 Å². The van der Waals surface area contributed by atoms with Gasteiger partial charge in [-0.2, -0.15) is 0 Å². The van der Waals surface area contributed by atoms with Crippen molar-refractivity contribution in [1.29, 1.82) is 0 Å². The van der Waals surface area contributed by atoms with Crippen LogP contribution in [0.15, 0.2) is 72.8 Å². The van der Waals surface area contributed by atoms with Crippen molar-refractivity contribution >= 4 is 18.0 Å². The summed E-state index contributed by atoms with van der Waals surface area (Å²) in [4.78, 5) is 71.4. The first-order valence-corrected chi connectivity index (χ1v) is 18.3. The minimum absolute atomic E-state index is 0.0407. The molecule has 304 valence electrons. The molecule has 0 aliphatic carbocycles. The van der Waals surface area contributed by atoms with Crippen LogP contribution < -0.4 is 4.74 Å². The molecule has 0 aliphatic heterocycles. The van der Waals surface area contributed by atoms with Gasteiger partial charge in [0, 0.05) is 18.5 Å². The fourth-order valence-electron chi connectivity index (χ4n) is 5.66. The van der Waals surface area contributed by atoms with Crippen LogP contribution in [0.5, 0.6) is 5.75 Å². The molecule has 0 spiro atoms. The third kappa shape index (κ3) is 13.3. The average molecular weight is 792 g/mol. The molecule has 1 heterocycles. The first kappa shape index (κ1) is 43.1. The van der Waals surface area contributed by atoms with Crippen LogP contribution >= 0.6 is 0 Å². The van der Waals surface area contributed by atoms with Crippen LogP contribution in [0, 0.1) is 26.1 Å². The predicted molar refractivity (Wildman–Crippen MR) is 201 cm³/mol. The van der Waals surface area contributed by atoms with E-state index < -0.39 is 34.6 Å². The fraction of sp³-hybridized carbons (Fsp3) is 0.421. The monoisotopic (exact) mass is 791 g/mol. The average Bonchev–Trinajstić information content (AvgIpc) is 3.68. The van der Waals surface area contributed by atoms with E-state index in [0.717, 1.165) is 27.9 Å². The van der Waals surface area contributed by atoms with Gasteiger partial charge in [-0.15, -0.1) is 35.2 Å². The lowest BCUT2D eigenvalue weighted by Gasteiger charge is -2.33. The van der Waals surface area contributed by atoms with Crippen molar-refractivity contribution < 1.29 is 48.4 Å². The molecule has 0 saturated carbocycles. The van der Waals surface area contributed by atoms with Crippen LogP contribution in [-0.2, 0) is 41.9 Å². The van der Waals surface area contributed by atoms with Gasteiger partial charge in [0.05, 0.1) is 13.2 Å². The summed E-state index contributed by atoms with van der Waals surface area (Å²) in [7, 11) is 0. The van der Waals surface area contributed by atoms with Crippen molar-refractivity contribution in [2.75, 3.05) is 13.2 Å². The summed E-state index contributed by atoms with van der Waals surface area (Å²) in [5, 5.41) is 31.7. The van der Waals surface area contributed by atoms with Gasteiger partial charge in [0.15, 0.2) is 0 Å². The minimum Gasteiger partial charge on any atom is -0.464 e. The molecule has 1 aromatic heterocycles. The Morgan fingerprint density at radius 1 is 0.825 bits per heavy atom. The molecule has 4 rings (SSSR count). The van der Waals surface area contributed by atoms with Gasteiger partial charge in [-0.25, -0.2) is 9.59 Å². The highest BCUT2D eigenvalue weighted by atomic mass is 17.0. The van der Waals surface area contributed by atoms with Gasteiger partial charge >= 0.3 is 12.1 Å². The number of benzene rings is 3. The zero-order valence-electron chi connectivity index (χ0n) is 32.1. The van der Waals surface area contributed by atoms with E-state index in [9.17, 15) is 34.6 Å². The molecule has 1 amide bonds. The van der Waals surface area contributed by atoms with Crippen molar-refractivity contribution in [3.8, 4) is 28.3 Å². The molecule has 19 heteroatoms. The third-order valence-corrected chi connectivity index (χ3v) is 8.52. The van der Waals surface area contributed by atoms with Crippen molar-refractivity contribution in [2.45, 2.75) is 85.2 Å². The molecule has 2 atom stereocenters. The number of ether oxygens (including phenoxy) is 3. The second-order valence-electron chi connectivity index (χ2n) is 13.1. The van der Waals surface area contributed by atoms with Crippen LogP contribution in [0.1, 0.15) is 77.2 Å². The molecule has 0 N–H and O–H groups in total. The highest BCUT2D eigenvalue weighted by Gasteiger charge is 2.33. The van der Waals surface area contributed by atoms with Gasteiger partial charge in [0.2, 0.25) is 18.0 Å². The maximum atomic E-state index is 13.5. The van der Waals surface area contributed by atoms with Gasteiger partial charge in [0.1, 0.15) is 18.4 Å². The lowest BCUT2D eigenvalue weighted by molar-refractivity contribution is -0.763. The van der Waals surface area contributed by atoms with Crippen LogP contribution in [0.3, 0.4) is 0 Å². The summed E-state index contributed by atoms with van der Waals surface area (Å²) in [6.07, 6.45) is 0.420. The molecule has 19 nitrogen and oxygen atoms in total. The number of tetrazole rings is 1. The van der Waals surface area contributed by atoms with Crippen LogP contribution in [0.2, 0.25) is 0 Å². The van der Waals surface area contributed by atoms with E-state index in [0.29, 0.717) is 30.4 Å². The summed E-state index contributed by atoms with van der Waals surface area (Å²) in [6.45, 7) is 7.08. The van der Waals surface area contributed by atoms with E-state index in [4.69, 9.17) is 14.2 Å². The highest BCUT2D eigenvalue weighted by Crippen LogP contribution is 2.31. The van der Waals surface area contributed by atoms with Gasteiger partial charge in [0.25, 0.3) is 10.2 Å². The number of hydrogen-bond donors (Lipinski definition) is 0. The summed E-state index contributed by atoms with van der Waals surface area (Å²) < 4.78 is 16.0. The number of hydrogen-bond acceptors (Lipinski definition) is 15. The number of nitrogens with zero attached hydrogens (tertiary/aromatic N) is 7. The van der Waals surface area contributed by atoms with Crippen LogP contribution in [0.4, 0.5) is 4.79 Å². The standard InChI is InChI=1S/C38H45N7O12/c1-5-6-13-34(46)42(35(26(2)3)37(47)53-22-9-10-23-54-44(49)50)24-28-14-18-30(19-15-28)32-11-7-8-12-33(32)36-39-41-43(40-36)27(4)56-38(48)57-31-20-16-29(17-21-31)25-55-45(51)52/h7-8,11-12,14-21,26-27,35H,5-6,9-10,13,22-25H2,1-4H3. The third-order valence-electron chi connectivity index (χ3n) is 8.52. The Bertz CT molecular complexity index is 1950. The maximum Gasteiger partial charge on any atom is 0.515 e. The lowest BCUT2D eigenvalue weighted by atomic mass is 9.97. The minimum atomic E-state index is -1.03. The fourth-order valence-corrected chi connectivity index (χ4v) is 5.66. The number of carbonyl (C=O) groups excluding carboxylic acids is 3.